The van der Waals surface area contributed by atoms with Crippen molar-refractivity contribution in [3.8, 4) is 0 Å². The van der Waals surface area contributed by atoms with Gasteiger partial charge in [-0.05, 0) is 47.0 Å². The highest BCUT2D eigenvalue weighted by Gasteiger charge is 2.31. The molecule has 2 aliphatic heterocycles. The number of para-hydroxylation sites is 1. The van der Waals surface area contributed by atoms with Crippen molar-refractivity contribution in [1.82, 2.24) is 9.80 Å². The topological polar surface area (TPSA) is 44.8 Å². The van der Waals surface area contributed by atoms with E-state index in [0.717, 1.165) is 29.9 Å². The molecule has 0 saturated carbocycles. The Balaban J connectivity index is 1.24. The number of rotatable bonds is 4. The maximum absolute atomic E-state index is 12.8. The van der Waals surface area contributed by atoms with Crippen molar-refractivity contribution in [1.29, 1.82) is 0 Å². The molecule has 0 radical (unpaired) electrons. The van der Waals surface area contributed by atoms with Gasteiger partial charge in [-0.3, -0.25) is 4.90 Å². The largest absolute Gasteiger partial charge is 0.425 e. The lowest BCUT2D eigenvalue weighted by atomic mass is 9.96. The van der Waals surface area contributed by atoms with Gasteiger partial charge in [0.1, 0.15) is 0 Å². The van der Waals surface area contributed by atoms with E-state index in [1.807, 2.05) is 42.5 Å². The molecule has 1 fully saturated rings. The summed E-state index contributed by atoms with van der Waals surface area (Å²) >= 11 is 12.3. The number of fused-ring (bicyclic) bond motifs is 1. The number of ether oxygens (including phenoxy) is 1. The minimum absolute atomic E-state index is 0.0590. The number of hydrogen-bond donors (Lipinski definition) is 1. The summed E-state index contributed by atoms with van der Waals surface area (Å²) in [7, 11) is 0. The van der Waals surface area contributed by atoms with Gasteiger partial charge in [0.05, 0.1) is 6.04 Å². The first-order chi connectivity index (χ1) is 16.1. The van der Waals surface area contributed by atoms with Gasteiger partial charge in [-0.25, -0.2) is 4.79 Å². The first-order valence-corrected chi connectivity index (χ1v) is 11.9. The van der Waals surface area contributed by atoms with E-state index in [4.69, 9.17) is 27.9 Å². The predicted octanol–water partition coefficient (Wildman–Crippen LogP) is 5.83. The van der Waals surface area contributed by atoms with E-state index in [1.54, 1.807) is 4.90 Å². The van der Waals surface area contributed by atoms with E-state index in [1.165, 1.54) is 5.56 Å². The minimum Gasteiger partial charge on any atom is -0.425 e. The Morgan fingerprint density at radius 2 is 1.42 bits per heavy atom. The SMILES string of the molecule is O=C(OC1Cc2ccccc2N1)N1CCN(C(c2ccc(Cl)cc2)c2ccc(Cl)cc2)CC1. The summed E-state index contributed by atoms with van der Waals surface area (Å²) in [5.74, 6) is 0. The van der Waals surface area contributed by atoms with Crippen LogP contribution < -0.4 is 5.32 Å². The highest BCUT2D eigenvalue weighted by molar-refractivity contribution is 6.30. The van der Waals surface area contributed by atoms with Crippen molar-refractivity contribution in [3.05, 3.63) is 99.5 Å². The summed E-state index contributed by atoms with van der Waals surface area (Å²) in [6, 6.07) is 24.0. The van der Waals surface area contributed by atoms with E-state index >= 15 is 0 Å². The second-order valence-electron chi connectivity index (χ2n) is 8.41. The van der Waals surface area contributed by atoms with Crippen molar-refractivity contribution in [2.24, 2.45) is 0 Å². The molecule has 170 valence electrons. The first-order valence-electron chi connectivity index (χ1n) is 11.1. The monoisotopic (exact) mass is 481 g/mol. The van der Waals surface area contributed by atoms with Crippen LogP contribution in [-0.2, 0) is 11.2 Å². The third kappa shape index (κ3) is 4.96. The lowest BCUT2D eigenvalue weighted by molar-refractivity contribution is 0.0510. The Labute approximate surface area is 203 Å². The van der Waals surface area contributed by atoms with Crippen LogP contribution in [0.25, 0.3) is 0 Å². The van der Waals surface area contributed by atoms with Crippen molar-refractivity contribution in [3.63, 3.8) is 0 Å². The van der Waals surface area contributed by atoms with Gasteiger partial charge in [0.2, 0.25) is 0 Å². The maximum atomic E-state index is 12.8. The normalized spacial score (nSPS) is 18.2. The van der Waals surface area contributed by atoms with Crippen LogP contribution >= 0.6 is 23.2 Å². The van der Waals surface area contributed by atoms with Crippen LogP contribution in [0, 0.1) is 0 Å². The molecule has 0 spiro atoms. The zero-order chi connectivity index (χ0) is 22.8. The molecule has 0 aromatic heterocycles. The van der Waals surface area contributed by atoms with Crippen molar-refractivity contribution in [2.75, 3.05) is 31.5 Å². The Hall–Kier alpha value is -2.73. The molecule has 2 aliphatic rings. The predicted molar refractivity (Wildman–Crippen MR) is 132 cm³/mol. The van der Waals surface area contributed by atoms with E-state index in [-0.39, 0.29) is 18.4 Å². The van der Waals surface area contributed by atoms with Gasteiger partial charge in [-0.2, -0.15) is 0 Å². The standard InChI is InChI=1S/C26H25Cl2N3O2/c27-21-9-5-18(6-10-21)25(19-7-11-22(28)12-8-19)30-13-15-31(16-14-30)26(32)33-24-17-20-3-1-2-4-23(20)29-24/h1-12,24-25,29H,13-17H2. The number of nitrogens with zero attached hydrogens (tertiary/aromatic N) is 2. The van der Waals surface area contributed by atoms with Gasteiger partial charge in [0.15, 0.2) is 6.23 Å². The lowest BCUT2D eigenvalue weighted by Gasteiger charge is -2.39. The fourth-order valence-electron chi connectivity index (χ4n) is 4.60. The van der Waals surface area contributed by atoms with Crippen LogP contribution in [0.1, 0.15) is 22.7 Å². The molecule has 1 saturated heterocycles. The molecule has 0 aliphatic carbocycles. The molecule has 7 heteroatoms. The minimum atomic E-state index is -0.316. The number of halogens is 2. The number of carbonyl (C=O) groups is 1. The zero-order valence-electron chi connectivity index (χ0n) is 18.1. The summed E-state index contributed by atoms with van der Waals surface area (Å²) < 4.78 is 5.75. The third-order valence-electron chi connectivity index (χ3n) is 6.29. The first kappa shape index (κ1) is 22.1. The molecule has 5 rings (SSSR count). The van der Waals surface area contributed by atoms with Crippen LogP contribution in [0.3, 0.4) is 0 Å². The average Bonchev–Trinajstić information content (AvgIpc) is 3.24. The molecule has 3 aromatic rings. The molecule has 3 aromatic carbocycles. The van der Waals surface area contributed by atoms with E-state index in [0.29, 0.717) is 29.6 Å². The molecular formula is C26H25Cl2N3O2. The van der Waals surface area contributed by atoms with E-state index < -0.39 is 0 Å². The molecule has 1 unspecified atom stereocenters. The van der Waals surface area contributed by atoms with Gasteiger partial charge in [0.25, 0.3) is 0 Å². The van der Waals surface area contributed by atoms with E-state index in [2.05, 4.69) is 40.5 Å². The molecule has 1 N–H and O–H groups in total. The number of anilines is 1. The average molecular weight is 482 g/mol. The van der Waals surface area contributed by atoms with Gasteiger partial charge < -0.3 is 15.0 Å². The summed E-state index contributed by atoms with van der Waals surface area (Å²) in [4.78, 5) is 17.0. The maximum Gasteiger partial charge on any atom is 0.411 e. The number of amides is 1. The smallest absolute Gasteiger partial charge is 0.411 e. The van der Waals surface area contributed by atoms with E-state index in [9.17, 15) is 4.79 Å². The Bertz CT molecular complexity index is 1040. The number of carbonyl (C=O) groups excluding carboxylic acids is 1. The summed E-state index contributed by atoms with van der Waals surface area (Å²) in [6.45, 7) is 2.69. The molecular weight excluding hydrogens is 457 g/mol. The quantitative estimate of drug-likeness (QED) is 0.508. The Morgan fingerprint density at radius 3 is 2.00 bits per heavy atom. The number of piperazine rings is 1. The highest BCUT2D eigenvalue weighted by Crippen LogP contribution is 2.32. The van der Waals surface area contributed by atoms with Gasteiger partial charge in [-0.15, -0.1) is 0 Å². The van der Waals surface area contributed by atoms with Gasteiger partial charge >= 0.3 is 6.09 Å². The number of nitrogens with one attached hydrogen (secondary N) is 1. The third-order valence-corrected chi connectivity index (χ3v) is 6.80. The fraction of sp³-hybridized carbons (Fsp3) is 0.269. The van der Waals surface area contributed by atoms with Crippen molar-refractivity contribution >= 4 is 35.0 Å². The second-order valence-corrected chi connectivity index (χ2v) is 9.28. The summed E-state index contributed by atoms with van der Waals surface area (Å²) in [5.41, 5.74) is 4.53. The Kier molecular flexibility index (Phi) is 6.45. The fourth-order valence-corrected chi connectivity index (χ4v) is 4.85. The zero-order valence-corrected chi connectivity index (χ0v) is 19.6. The molecule has 1 atom stereocenters. The second kappa shape index (κ2) is 9.64. The lowest BCUT2D eigenvalue weighted by Crippen LogP contribution is -2.50. The van der Waals surface area contributed by atoms with Gasteiger partial charge in [-0.1, -0.05) is 65.7 Å². The van der Waals surface area contributed by atoms with Crippen LogP contribution in [0.2, 0.25) is 10.0 Å². The van der Waals surface area contributed by atoms with Crippen LogP contribution in [0.5, 0.6) is 0 Å². The summed E-state index contributed by atoms with van der Waals surface area (Å²) in [6.07, 6.45) is 0.107. The van der Waals surface area contributed by atoms with Crippen molar-refractivity contribution < 1.29 is 9.53 Å². The van der Waals surface area contributed by atoms with Gasteiger partial charge in [0, 0.05) is 48.3 Å². The van der Waals surface area contributed by atoms with Crippen LogP contribution in [0.15, 0.2) is 72.8 Å². The molecule has 0 bridgehead atoms. The van der Waals surface area contributed by atoms with Crippen molar-refractivity contribution in [2.45, 2.75) is 18.7 Å². The molecule has 2 heterocycles. The summed E-state index contributed by atoms with van der Waals surface area (Å²) in [5, 5.41) is 4.71. The number of benzene rings is 3. The Morgan fingerprint density at radius 1 is 0.848 bits per heavy atom. The molecule has 5 nitrogen and oxygen atoms in total. The van der Waals surface area contributed by atoms with Crippen LogP contribution in [-0.4, -0.2) is 48.3 Å². The highest BCUT2D eigenvalue weighted by atomic mass is 35.5. The molecule has 33 heavy (non-hydrogen) atoms. The number of hydrogen-bond acceptors (Lipinski definition) is 4. The van der Waals surface area contributed by atoms with Crippen LogP contribution in [0.4, 0.5) is 10.5 Å². The molecule has 1 amide bonds.